The molecule has 0 bridgehead atoms. The SMILES string of the molecule is C=C1CC[C@@H]2[C@](C)(CCC[C@]2(C)C(=O)OC)[C@H]1CCc1ccc2c(c1)C(=O)C=CC2=O. The lowest BCUT2D eigenvalue weighted by atomic mass is 9.46. The van der Waals surface area contributed by atoms with Gasteiger partial charge in [-0.2, -0.15) is 0 Å². The zero-order valence-corrected chi connectivity index (χ0v) is 18.8. The van der Waals surface area contributed by atoms with Gasteiger partial charge in [-0.1, -0.05) is 37.6 Å². The van der Waals surface area contributed by atoms with Crippen molar-refractivity contribution in [2.24, 2.45) is 22.7 Å². The van der Waals surface area contributed by atoms with Crippen LogP contribution in [0.15, 0.2) is 42.5 Å². The van der Waals surface area contributed by atoms with E-state index in [-0.39, 0.29) is 28.9 Å². The molecule has 0 unspecified atom stereocenters. The van der Waals surface area contributed by atoms with Gasteiger partial charge in [0.15, 0.2) is 11.6 Å². The van der Waals surface area contributed by atoms with E-state index in [1.807, 2.05) is 12.1 Å². The number of carbonyl (C=O) groups is 3. The molecular formula is C27H32O4. The Morgan fingerprint density at radius 2 is 1.84 bits per heavy atom. The number of benzene rings is 1. The second kappa shape index (κ2) is 7.89. The largest absolute Gasteiger partial charge is 0.469 e. The quantitative estimate of drug-likeness (QED) is 0.476. The minimum Gasteiger partial charge on any atom is -0.469 e. The molecule has 4 nitrogen and oxygen atoms in total. The van der Waals surface area contributed by atoms with Gasteiger partial charge in [0.1, 0.15) is 0 Å². The van der Waals surface area contributed by atoms with Crippen LogP contribution in [0.5, 0.6) is 0 Å². The Labute approximate surface area is 184 Å². The fourth-order valence-corrected chi connectivity index (χ4v) is 6.77. The molecule has 0 amide bonds. The molecule has 4 rings (SSSR count). The van der Waals surface area contributed by atoms with E-state index >= 15 is 0 Å². The summed E-state index contributed by atoms with van der Waals surface area (Å²) in [7, 11) is 1.50. The summed E-state index contributed by atoms with van der Waals surface area (Å²) in [5.41, 5.74) is 2.92. The molecule has 0 N–H and O–H groups in total. The molecule has 2 saturated carbocycles. The van der Waals surface area contributed by atoms with E-state index < -0.39 is 5.41 Å². The summed E-state index contributed by atoms with van der Waals surface area (Å²) < 4.78 is 5.22. The van der Waals surface area contributed by atoms with Crippen LogP contribution in [0.3, 0.4) is 0 Å². The molecular weight excluding hydrogens is 388 g/mol. The number of carbonyl (C=O) groups excluding carboxylic acids is 3. The van der Waals surface area contributed by atoms with Gasteiger partial charge in [-0.15, -0.1) is 0 Å². The molecule has 0 radical (unpaired) electrons. The Morgan fingerprint density at radius 1 is 1.13 bits per heavy atom. The molecule has 0 spiro atoms. The van der Waals surface area contributed by atoms with Gasteiger partial charge in [-0.05, 0) is 86.5 Å². The number of allylic oxidation sites excluding steroid dienone is 3. The van der Waals surface area contributed by atoms with Crippen LogP contribution in [0, 0.1) is 22.7 Å². The number of hydrogen-bond donors (Lipinski definition) is 0. The van der Waals surface area contributed by atoms with Crippen molar-refractivity contribution in [3.63, 3.8) is 0 Å². The molecule has 4 heteroatoms. The van der Waals surface area contributed by atoms with Crippen molar-refractivity contribution < 1.29 is 19.1 Å². The van der Waals surface area contributed by atoms with Crippen LogP contribution in [0.1, 0.15) is 78.7 Å². The van der Waals surface area contributed by atoms with Crippen LogP contribution in [0.2, 0.25) is 0 Å². The molecule has 0 aliphatic heterocycles. The highest BCUT2D eigenvalue weighted by Crippen LogP contribution is 2.62. The smallest absolute Gasteiger partial charge is 0.311 e. The third kappa shape index (κ3) is 3.50. The summed E-state index contributed by atoms with van der Waals surface area (Å²) in [6, 6.07) is 5.63. The number of esters is 1. The van der Waals surface area contributed by atoms with Crippen LogP contribution in [-0.2, 0) is 16.0 Å². The van der Waals surface area contributed by atoms with Crippen molar-refractivity contribution in [2.75, 3.05) is 7.11 Å². The molecule has 1 aromatic carbocycles. The molecule has 3 aliphatic carbocycles. The van der Waals surface area contributed by atoms with Gasteiger partial charge < -0.3 is 4.74 Å². The Hall–Kier alpha value is -2.49. The molecule has 0 aromatic heterocycles. The minimum absolute atomic E-state index is 0.0131. The molecule has 164 valence electrons. The average molecular weight is 421 g/mol. The Balaban J connectivity index is 1.58. The summed E-state index contributed by atoms with van der Waals surface area (Å²) in [5.74, 6) is 0.308. The number of fused-ring (bicyclic) bond motifs is 2. The first-order chi connectivity index (χ1) is 14.7. The molecule has 1 aromatic rings. The lowest BCUT2D eigenvalue weighted by Gasteiger charge is -2.57. The molecule has 4 atom stereocenters. The van der Waals surface area contributed by atoms with Crippen molar-refractivity contribution in [1.29, 1.82) is 0 Å². The maximum Gasteiger partial charge on any atom is 0.311 e. The average Bonchev–Trinajstić information content (AvgIpc) is 2.75. The molecule has 31 heavy (non-hydrogen) atoms. The van der Waals surface area contributed by atoms with Crippen molar-refractivity contribution in [1.82, 2.24) is 0 Å². The standard InChI is InChI=1S/C27H32O4/c1-17-6-13-24-26(2,14-5-15-27(24,3)25(30)31-4)21(17)10-8-18-7-9-19-20(16-18)23(29)12-11-22(19)28/h7,9,11-12,16,21,24H,1,5-6,8,10,13-15H2,2-4H3/t21-,24+,26+,27-/m0/s1. The van der Waals surface area contributed by atoms with Gasteiger partial charge in [0.2, 0.25) is 0 Å². The highest BCUT2D eigenvalue weighted by atomic mass is 16.5. The number of hydrogen-bond acceptors (Lipinski definition) is 4. The van der Waals surface area contributed by atoms with Crippen molar-refractivity contribution in [3.8, 4) is 0 Å². The van der Waals surface area contributed by atoms with Gasteiger partial charge >= 0.3 is 5.97 Å². The van der Waals surface area contributed by atoms with Gasteiger partial charge in [0, 0.05) is 11.1 Å². The maximum atomic E-state index is 12.7. The third-order valence-corrected chi connectivity index (χ3v) is 8.39. The van der Waals surface area contributed by atoms with E-state index in [1.165, 1.54) is 24.8 Å². The Bertz CT molecular complexity index is 987. The number of ketones is 2. The van der Waals surface area contributed by atoms with Crippen molar-refractivity contribution in [3.05, 3.63) is 59.2 Å². The fourth-order valence-electron chi connectivity index (χ4n) is 6.77. The summed E-state index contributed by atoms with van der Waals surface area (Å²) >= 11 is 0. The minimum atomic E-state index is -0.439. The molecule has 2 fully saturated rings. The highest BCUT2D eigenvalue weighted by molar-refractivity contribution is 6.22. The number of aryl methyl sites for hydroxylation is 1. The maximum absolute atomic E-state index is 12.7. The molecule has 0 saturated heterocycles. The van der Waals surface area contributed by atoms with E-state index in [1.54, 1.807) is 6.07 Å². The van der Waals surface area contributed by atoms with Gasteiger partial charge in [0.25, 0.3) is 0 Å². The zero-order chi connectivity index (χ0) is 22.4. The van der Waals surface area contributed by atoms with E-state index in [4.69, 9.17) is 4.74 Å². The second-order valence-electron chi connectivity index (χ2n) is 10.1. The number of methoxy groups -OCH3 is 1. The van der Waals surface area contributed by atoms with Crippen LogP contribution in [0.25, 0.3) is 0 Å². The normalized spacial score (nSPS) is 32.4. The van der Waals surface area contributed by atoms with Crippen LogP contribution < -0.4 is 0 Å². The van der Waals surface area contributed by atoms with Crippen LogP contribution in [-0.4, -0.2) is 24.6 Å². The first kappa shape index (κ1) is 21.7. The fraction of sp³-hybridized carbons (Fsp3) is 0.519. The lowest BCUT2D eigenvalue weighted by molar-refractivity contribution is -0.168. The first-order valence-corrected chi connectivity index (χ1v) is 11.4. The molecule has 3 aliphatic rings. The van der Waals surface area contributed by atoms with E-state index in [2.05, 4.69) is 20.4 Å². The van der Waals surface area contributed by atoms with Crippen LogP contribution >= 0.6 is 0 Å². The summed E-state index contributed by atoms with van der Waals surface area (Å²) in [5, 5.41) is 0. The number of rotatable bonds is 4. The summed E-state index contributed by atoms with van der Waals surface area (Å²) in [6.07, 6.45) is 9.38. The van der Waals surface area contributed by atoms with E-state index in [0.717, 1.165) is 50.5 Å². The van der Waals surface area contributed by atoms with E-state index in [0.29, 0.717) is 17.0 Å². The first-order valence-electron chi connectivity index (χ1n) is 11.4. The third-order valence-electron chi connectivity index (χ3n) is 8.39. The van der Waals surface area contributed by atoms with Crippen LogP contribution in [0.4, 0.5) is 0 Å². The predicted octanol–water partition coefficient (Wildman–Crippen LogP) is 5.51. The van der Waals surface area contributed by atoms with Gasteiger partial charge in [-0.3, -0.25) is 14.4 Å². The number of ether oxygens (including phenoxy) is 1. The summed E-state index contributed by atoms with van der Waals surface area (Å²) in [6.45, 7) is 8.85. The van der Waals surface area contributed by atoms with Gasteiger partial charge in [0.05, 0.1) is 12.5 Å². The van der Waals surface area contributed by atoms with Crippen molar-refractivity contribution >= 4 is 17.5 Å². The second-order valence-corrected chi connectivity index (χ2v) is 10.1. The van der Waals surface area contributed by atoms with Gasteiger partial charge in [-0.25, -0.2) is 0 Å². The predicted molar refractivity (Wildman–Crippen MR) is 120 cm³/mol. The Morgan fingerprint density at radius 3 is 2.55 bits per heavy atom. The van der Waals surface area contributed by atoms with Crippen molar-refractivity contribution in [2.45, 2.75) is 58.8 Å². The summed E-state index contributed by atoms with van der Waals surface area (Å²) in [4.78, 5) is 37.0. The highest BCUT2D eigenvalue weighted by Gasteiger charge is 2.57. The van der Waals surface area contributed by atoms with E-state index in [9.17, 15) is 14.4 Å². The lowest BCUT2D eigenvalue weighted by Crippen LogP contribution is -2.53. The topological polar surface area (TPSA) is 60.4 Å². The zero-order valence-electron chi connectivity index (χ0n) is 18.8. The Kier molecular flexibility index (Phi) is 5.53. The molecule has 0 heterocycles. The monoisotopic (exact) mass is 420 g/mol.